The number of anilines is 1. The third-order valence-electron chi connectivity index (χ3n) is 2.89. The third kappa shape index (κ3) is 2.68. The van der Waals surface area contributed by atoms with Crippen LogP contribution in [0.4, 0.5) is 10.2 Å². The fraction of sp³-hybridized carbons (Fsp3) is 0. The van der Waals surface area contributed by atoms with Gasteiger partial charge in [-0.2, -0.15) is 0 Å². The van der Waals surface area contributed by atoms with E-state index in [1.54, 1.807) is 6.07 Å². The van der Waals surface area contributed by atoms with Gasteiger partial charge in [-0.25, -0.2) is 9.37 Å². The smallest absolute Gasteiger partial charge is 0.258 e. The number of nitrogens with zero attached hydrogens (tertiary/aromatic N) is 2. The first-order valence-electron chi connectivity index (χ1n) is 6.12. The van der Waals surface area contributed by atoms with Gasteiger partial charge in [0.2, 0.25) is 0 Å². The van der Waals surface area contributed by atoms with Gasteiger partial charge in [-0.15, -0.1) is 0 Å². The summed E-state index contributed by atoms with van der Waals surface area (Å²) in [5.74, 6) is -0.906. The maximum atomic E-state index is 13.3. The summed E-state index contributed by atoms with van der Waals surface area (Å²) >= 11 is 5.78. The number of aromatic nitrogens is 2. The zero-order chi connectivity index (χ0) is 14.8. The molecule has 4 nitrogen and oxygen atoms in total. The van der Waals surface area contributed by atoms with Crippen LogP contribution < -0.4 is 5.32 Å². The summed E-state index contributed by atoms with van der Waals surface area (Å²) in [6.45, 7) is 0. The molecule has 3 rings (SSSR count). The Morgan fingerprint density at radius 3 is 2.67 bits per heavy atom. The quantitative estimate of drug-likeness (QED) is 0.785. The Morgan fingerprint density at radius 2 is 1.86 bits per heavy atom. The number of rotatable bonds is 2. The first kappa shape index (κ1) is 13.5. The molecule has 3 aromatic rings. The van der Waals surface area contributed by atoms with Crippen LogP contribution in [0.25, 0.3) is 11.0 Å². The van der Waals surface area contributed by atoms with Gasteiger partial charge in [-0.3, -0.25) is 9.78 Å². The SMILES string of the molecule is O=C(Nc1cnc2ccccc2n1)c1cccc(F)c1Cl. The summed E-state index contributed by atoms with van der Waals surface area (Å²) < 4.78 is 13.3. The van der Waals surface area contributed by atoms with Crippen LogP contribution in [-0.2, 0) is 0 Å². The van der Waals surface area contributed by atoms with Crippen molar-refractivity contribution in [3.05, 3.63) is 65.1 Å². The van der Waals surface area contributed by atoms with Crippen LogP contribution in [0.3, 0.4) is 0 Å². The van der Waals surface area contributed by atoms with Crippen LogP contribution in [0.5, 0.6) is 0 Å². The molecule has 1 N–H and O–H groups in total. The van der Waals surface area contributed by atoms with Crippen LogP contribution in [0.15, 0.2) is 48.7 Å². The molecule has 0 radical (unpaired) electrons. The number of halogens is 2. The molecule has 0 aliphatic heterocycles. The first-order chi connectivity index (χ1) is 10.1. The highest BCUT2D eigenvalue weighted by atomic mass is 35.5. The average Bonchev–Trinajstić information content (AvgIpc) is 2.50. The summed E-state index contributed by atoms with van der Waals surface area (Å²) in [7, 11) is 0. The van der Waals surface area contributed by atoms with E-state index in [1.807, 2.05) is 18.2 Å². The Hall–Kier alpha value is -2.53. The van der Waals surface area contributed by atoms with Crippen molar-refractivity contribution >= 4 is 34.4 Å². The van der Waals surface area contributed by atoms with Crippen LogP contribution in [0.1, 0.15) is 10.4 Å². The number of fused-ring (bicyclic) bond motifs is 1. The molecule has 0 atom stereocenters. The van der Waals surface area contributed by atoms with Gasteiger partial charge in [0.1, 0.15) is 5.82 Å². The van der Waals surface area contributed by atoms with Gasteiger partial charge < -0.3 is 5.32 Å². The molecule has 0 aliphatic rings. The zero-order valence-electron chi connectivity index (χ0n) is 10.7. The van der Waals surface area contributed by atoms with Gasteiger partial charge in [-0.05, 0) is 24.3 Å². The molecule has 0 spiro atoms. The molecule has 0 saturated carbocycles. The van der Waals surface area contributed by atoms with E-state index < -0.39 is 11.7 Å². The summed E-state index contributed by atoms with van der Waals surface area (Å²) in [6.07, 6.45) is 1.44. The summed E-state index contributed by atoms with van der Waals surface area (Å²) in [5.41, 5.74) is 1.42. The second-order valence-electron chi connectivity index (χ2n) is 4.30. The van der Waals surface area contributed by atoms with Gasteiger partial charge >= 0.3 is 0 Å². The maximum absolute atomic E-state index is 13.3. The lowest BCUT2D eigenvalue weighted by molar-refractivity contribution is 0.102. The molecule has 0 unspecified atom stereocenters. The van der Waals surface area contributed by atoms with Crippen molar-refractivity contribution in [1.29, 1.82) is 0 Å². The maximum Gasteiger partial charge on any atom is 0.258 e. The second kappa shape index (κ2) is 5.46. The fourth-order valence-corrected chi connectivity index (χ4v) is 2.09. The van der Waals surface area contributed by atoms with Crippen molar-refractivity contribution in [3.8, 4) is 0 Å². The number of carbonyl (C=O) groups excluding carboxylic acids is 1. The van der Waals surface area contributed by atoms with Crippen molar-refractivity contribution in [1.82, 2.24) is 9.97 Å². The molecule has 0 saturated heterocycles. The molecule has 0 bridgehead atoms. The molecular formula is C15H9ClFN3O. The van der Waals surface area contributed by atoms with Crippen LogP contribution in [0, 0.1) is 5.82 Å². The molecule has 1 heterocycles. The number of nitrogens with one attached hydrogen (secondary N) is 1. The van der Waals surface area contributed by atoms with Crippen molar-refractivity contribution in [2.75, 3.05) is 5.32 Å². The van der Waals surface area contributed by atoms with Gasteiger partial charge in [0.05, 0.1) is 27.8 Å². The highest BCUT2D eigenvalue weighted by Gasteiger charge is 2.14. The standard InChI is InChI=1S/C15H9ClFN3O/c16-14-9(4-3-5-10(14)17)15(21)20-13-8-18-11-6-1-2-7-12(11)19-13/h1-8H,(H,19,20,21). The number of hydrogen-bond acceptors (Lipinski definition) is 3. The van der Waals surface area contributed by atoms with Gasteiger partial charge in [0.15, 0.2) is 5.82 Å². The van der Waals surface area contributed by atoms with E-state index in [4.69, 9.17) is 11.6 Å². The van der Waals surface area contributed by atoms with Gasteiger partial charge in [0.25, 0.3) is 5.91 Å². The van der Waals surface area contributed by atoms with E-state index in [-0.39, 0.29) is 16.4 Å². The van der Waals surface area contributed by atoms with E-state index in [0.29, 0.717) is 5.52 Å². The minimum absolute atomic E-state index is 0.0478. The lowest BCUT2D eigenvalue weighted by atomic mass is 10.2. The minimum atomic E-state index is -0.645. The predicted molar refractivity (Wildman–Crippen MR) is 78.9 cm³/mol. The van der Waals surface area contributed by atoms with Crippen molar-refractivity contribution < 1.29 is 9.18 Å². The minimum Gasteiger partial charge on any atom is -0.305 e. The molecule has 104 valence electrons. The molecule has 0 aliphatic carbocycles. The number of carbonyl (C=O) groups is 1. The first-order valence-corrected chi connectivity index (χ1v) is 6.50. The van der Waals surface area contributed by atoms with Crippen molar-refractivity contribution in [2.45, 2.75) is 0 Å². The average molecular weight is 302 g/mol. The van der Waals surface area contributed by atoms with E-state index in [2.05, 4.69) is 15.3 Å². The zero-order valence-corrected chi connectivity index (χ0v) is 11.4. The molecule has 2 aromatic carbocycles. The van der Waals surface area contributed by atoms with Gasteiger partial charge in [-0.1, -0.05) is 29.8 Å². The Balaban J connectivity index is 1.91. The van der Waals surface area contributed by atoms with Crippen molar-refractivity contribution in [2.24, 2.45) is 0 Å². The Labute approximate surface area is 124 Å². The fourth-order valence-electron chi connectivity index (χ4n) is 1.88. The lowest BCUT2D eigenvalue weighted by Crippen LogP contribution is -2.14. The number of benzene rings is 2. The predicted octanol–water partition coefficient (Wildman–Crippen LogP) is 3.67. The summed E-state index contributed by atoms with van der Waals surface area (Å²) in [6, 6.07) is 11.3. The van der Waals surface area contributed by atoms with Crippen LogP contribution in [-0.4, -0.2) is 15.9 Å². The molecule has 0 fully saturated rings. The molecule has 1 amide bonds. The lowest BCUT2D eigenvalue weighted by Gasteiger charge is -2.07. The second-order valence-corrected chi connectivity index (χ2v) is 4.68. The normalized spacial score (nSPS) is 10.6. The summed E-state index contributed by atoms with van der Waals surface area (Å²) in [4.78, 5) is 20.5. The van der Waals surface area contributed by atoms with E-state index >= 15 is 0 Å². The van der Waals surface area contributed by atoms with Gasteiger partial charge in [0, 0.05) is 0 Å². The highest BCUT2D eigenvalue weighted by molar-refractivity contribution is 6.34. The Kier molecular flexibility index (Phi) is 3.50. The highest BCUT2D eigenvalue weighted by Crippen LogP contribution is 2.21. The van der Waals surface area contributed by atoms with E-state index in [0.717, 1.165) is 5.52 Å². The van der Waals surface area contributed by atoms with Crippen LogP contribution >= 0.6 is 11.6 Å². The summed E-state index contributed by atoms with van der Waals surface area (Å²) in [5, 5.41) is 2.34. The van der Waals surface area contributed by atoms with E-state index in [1.165, 1.54) is 24.4 Å². The molecular weight excluding hydrogens is 293 g/mol. The largest absolute Gasteiger partial charge is 0.305 e. The third-order valence-corrected chi connectivity index (χ3v) is 3.27. The monoisotopic (exact) mass is 301 g/mol. The van der Waals surface area contributed by atoms with E-state index in [9.17, 15) is 9.18 Å². The molecule has 21 heavy (non-hydrogen) atoms. The number of amides is 1. The topological polar surface area (TPSA) is 54.9 Å². The number of hydrogen-bond donors (Lipinski definition) is 1. The molecule has 6 heteroatoms. The Bertz CT molecular complexity index is 838. The number of para-hydroxylation sites is 2. The Morgan fingerprint density at radius 1 is 1.10 bits per heavy atom. The van der Waals surface area contributed by atoms with Crippen LogP contribution in [0.2, 0.25) is 5.02 Å². The van der Waals surface area contributed by atoms with Crippen molar-refractivity contribution in [3.63, 3.8) is 0 Å². The molecule has 1 aromatic heterocycles.